The van der Waals surface area contributed by atoms with Crippen molar-refractivity contribution in [2.75, 3.05) is 24.7 Å². The van der Waals surface area contributed by atoms with Crippen LogP contribution in [-0.2, 0) is 14.3 Å². The van der Waals surface area contributed by atoms with Crippen molar-refractivity contribution >= 4 is 23.7 Å². The topological polar surface area (TPSA) is 76.2 Å². The van der Waals surface area contributed by atoms with Crippen LogP contribution in [0.5, 0.6) is 0 Å². The fraction of sp³-hybridized carbons (Fsp3) is 0.316. The number of rotatable bonds is 6. The van der Waals surface area contributed by atoms with Crippen LogP contribution < -0.4 is 4.90 Å². The van der Waals surface area contributed by atoms with Crippen molar-refractivity contribution in [2.45, 2.75) is 18.5 Å². The number of benzene rings is 1. The SMILES string of the molecule is C=CCOC(=O)c1ccccc1N1C(=O)C2CC1CN2C(=O)OCC=C. The highest BCUT2D eigenvalue weighted by atomic mass is 16.6. The minimum absolute atomic E-state index is 0.0933. The number of ether oxygens (including phenoxy) is 2. The first-order valence-corrected chi connectivity index (χ1v) is 8.33. The molecule has 2 aliphatic rings. The normalized spacial score (nSPS) is 20.8. The van der Waals surface area contributed by atoms with E-state index >= 15 is 0 Å². The second-order valence-corrected chi connectivity index (χ2v) is 6.04. The predicted molar refractivity (Wildman–Crippen MR) is 94.9 cm³/mol. The van der Waals surface area contributed by atoms with Gasteiger partial charge in [0.1, 0.15) is 19.3 Å². The molecular formula is C19H20N2O5. The summed E-state index contributed by atoms with van der Waals surface area (Å²) in [7, 11) is 0. The quantitative estimate of drug-likeness (QED) is 0.577. The van der Waals surface area contributed by atoms with E-state index in [1.54, 1.807) is 29.2 Å². The fourth-order valence-corrected chi connectivity index (χ4v) is 3.37. The Morgan fingerprint density at radius 2 is 1.85 bits per heavy atom. The number of esters is 1. The Balaban J connectivity index is 1.80. The molecule has 7 heteroatoms. The Morgan fingerprint density at radius 3 is 2.54 bits per heavy atom. The summed E-state index contributed by atoms with van der Waals surface area (Å²) in [6.07, 6.45) is 2.95. The molecule has 2 atom stereocenters. The van der Waals surface area contributed by atoms with Crippen LogP contribution in [0.15, 0.2) is 49.6 Å². The third kappa shape index (κ3) is 3.08. The number of amides is 2. The van der Waals surface area contributed by atoms with Crippen molar-refractivity contribution in [3.63, 3.8) is 0 Å². The predicted octanol–water partition coefficient (Wildman–Crippen LogP) is 2.14. The standard InChI is InChI=1S/C19H20N2O5/c1-3-9-25-18(23)14-7-5-6-8-15(14)21-13-11-16(17(21)22)20(12-13)19(24)26-10-4-2/h3-8,13,16H,1-2,9-12H2. The van der Waals surface area contributed by atoms with Gasteiger partial charge in [0.05, 0.1) is 17.3 Å². The maximum absolute atomic E-state index is 12.8. The molecule has 7 nitrogen and oxygen atoms in total. The molecule has 2 amide bonds. The molecule has 0 N–H and O–H groups in total. The van der Waals surface area contributed by atoms with E-state index in [0.29, 0.717) is 24.2 Å². The van der Waals surface area contributed by atoms with Crippen molar-refractivity contribution in [1.82, 2.24) is 4.90 Å². The lowest BCUT2D eigenvalue weighted by atomic mass is 10.1. The first-order valence-electron chi connectivity index (χ1n) is 8.33. The van der Waals surface area contributed by atoms with E-state index in [1.165, 1.54) is 17.1 Å². The average molecular weight is 356 g/mol. The summed E-state index contributed by atoms with van der Waals surface area (Å²) >= 11 is 0. The van der Waals surface area contributed by atoms with Gasteiger partial charge in [-0.2, -0.15) is 0 Å². The summed E-state index contributed by atoms with van der Waals surface area (Å²) in [5.41, 5.74) is 0.814. The smallest absolute Gasteiger partial charge is 0.410 e. The molecule has 0 spiro atoms. The summed E-state index contributed by atoms with van der Waals surface area (Å²) in [5.74, 6) is -0.737. The summed E-state index contributed by atoms with van der Waals surface area (Å²) in [4.78, 5) is 40.2. The first-order chi connectivity index (χ1) is 12.6. The van der Waals surface area contributed by atoms with E-state index in [4.69, 9.17) is 9.47 Å². The molecule has 2 unspecified atom stereocenters. The number of carbonyl (C=O) groups excluding carboxylic acids is 3. The van der Waals surface area contributed by atoms with Gasteiger partial charge >= 0.3 is 12.1 Å². The fourth-order valence-electron chi connectivity index (χ4n) is 3.37. The highest BCUT2D eigenvalue weighted by Gasteiger charge is 2.53. The summed E-state index contributed by atoms with van der Waals surface area (Å²) < 4.78 is 10.1. The zero-order valence-electron chi connectivity index (χ0n) is 14.3. The molecule has 0 aliphatic carbocycles. The number of piperazine rings is 1. The molecule has 2 saturated heterocycles. The third-order valence-corrected chi connectivity index (χ3v) is 4.44. The Kier molecular flexibility index (Phi) is 5.06. The number of hydrogen-bond acceptors (Lipinski definition) is 5. The van der Waals surface area contributed by atoms with Crippen LogP contribution >= 0.6 is 0 Å². The lowest BCUT2D eigenvalue weighted by Crippen LogP contribution is -2.53. The first kappa shape index (κ1) is 17.7. The molecule has 0 aromatic heterocycles. The molecule has 0 radical (unpaired) electrons. The molecule has 3 rings (SSSR count). The molecule has 0 saturated carbocycles. The highest BCUT2D eigenvalue weighted by Crippen LogP contribution is 2.37. The van der Waals surface area contributed by atoms with Crippen LogP contribution in [0.1, 0.15) is 16.8 Å². The van der Waals surface area contributed by atoms with Gasteiger partial charge in [0.15, 0.2) is 0 Å². The molecule has 2 heterocycles. The van der Waals surface area contributed by atoms with E-state index in [-0.39, 0.29) is 25.2 Å². The monoisotopic (exact) mass is 356 g/mol. The van der Waals surface area contributed by atoms with Crippen molar-refractivity contribution < 1.29 is 23.9 Å². The maximum Gasteiger partial charge on any atom is 0.410 e. The maximum atomic E-state index is 12.8. The summed E-state index contributed by atoms with van der Waals surface area (Å²) in [5, 5.41) is 0. The van der Waals surface area contributed by atoms with Crippen LogP contribution in [0.4, 0.5) is 10.5 Å². The second-order valence-electron chi connectivity index (χ2n) is 6.04. The summed E-state index contributed by atoms with van der Waals surface area (Å²) in [6.45, 7) is 7.58. The van der Waals surface area contributed by atoms with Crippen molar-refractivity contribution in [3.05, 3.63) is 55.1 Å². The number of anilines is 1. The van der Waals surface area contributed by atoms with Gasteiger partial charge in [-0.05, 0) is 18.6 Å². The van der Waals surface area contributed by atoms with Crippen LogP contribution in [0.3, 0.4) is 0 Å². The van der Waals surface area contributed by atoms with Gasteiger partial charge in [0.25, 0.3) is 0 Å². The number of likely N-dealkylation sites (tertiary alicyclic amines) is 1. The molecule has 1 aromatic carbocycles. The highest BCUT2D eigenvalue weighted by molar-refractivity contribution is 6.07. The van der Waals surface area contributed by atoms with Crippen molar-refractivity contribution in [1.29, 1.82) is 0 Å². The van der Waals surface area contributed by atoms with Crippen molar-refractivity contribution in [2.24, 2.45) is 0 Å². The minimum atomic E-state index is -0.574. The Bertz CT molecular complexity index is 760. The molecule has 26 heavy (non-hydrogen) atoms. The zero-order valence-corrected chi connectivity index (χ0v) is 14.3. The molecule has 1 aromatic rings. The van der Waals surface area contributed by atoms with Gasteiger partial charge < -0.3 is 14.4 Å². The zero-order chi connectivity index (χ0) is 18.7. The lowest BCUT2D eigenvalue weighted by Gasteiger charge is -2.33. The molecular weight excluding hydrogens is 336 g/mol. The minimum Gasteiger partial charge on any atom is -0.458 e. The number of fused-ring (bicyclic) bond motifs is 2. The van der Waals surface area contributed by atoms with Crippen LogP contribution in [0.2, 0.25) is 0 Å². The van der Waals surface area contributed by atoms with Gasteiger partial charge in [-0.1, -0.05) is 37.4 Å². The second kappa shape index (κ2) is 7.43. The molecule has 136 valence electrons. The number of para-hydroxylation sites is 1. The van der Waals surface area contributed by atoms with E-state index < -0.39 is 18.1 Å². The number of hydrogen-bond donors (Lipinski definition) is 0. The van der Waals surface area contributed by atoms with Crippen LogP contribution in [-0.4, -0.2) is 54.7 Å². The van der Waals surface area contributed by atoms with Gasteiger partial charge in [-0.3, -0.25) is 9.69 Å². The molecule has 2 fully saturated rings. The Labute approximate surface area is 151 Å². The average Bonchev–Trinajstić information content (AvgIpc) is 3.22. The third-order valence-electron chi connectivity index (χ3n) is 4.44. The van der Waals surface area contributed by atoms with Crippen LogP contribution in [0.25, 0.3) is 0 Å². The Hall–Kier alpha value is -3.09. The van der Waals surface area contributed by atoms with Gasteiger partial charge in [0, 0.05) is 6.54 Å². The van der Waals surface area contributed by atoms with E-state index in [0.717, 1.165) is 0 Å². The largest absolute Gasteiger partial charge is 0.458 e. The van der Waals surface area contributed by atoms with E-state index in [1.807, 2.05) is 0 Å². The lowest BCUT2D eigenvalue weighted by molar-refractivity contribution is -0.122. The number of carbonyl (C=O) groups is 3. The van der Waals surface area contributed by atoms with Gasteiger partial charge in [-0.15, -0.1) is 0 Å². The Morgan fingerprint density at radius 1 is 1.15 bits per heavy atom. The molecule has 2 aliphatic heterocycles. The van der Waals surface area contributed by atoms with E-state index in [2.05, 4.69) is 13.2 Å². The number of nitrogens with zero attached hydrogens (tertiary/aromatic N) is 2. The summed E-state index contributed by atoms with van der Waals surface area (Å²) in [6, 6.07) is 6.03. The van der Waals surface area contributed by atoms with Crippen LogP contribution in [0, 0.1) is 0 Å². The molecule has 2 bridgehead atoms. The van der Waals surface area contributed by atoms with Gasteiger partial charge in [-0.25, -0.2) is 9.59 Å². The van der Waals surface area contributed by atoms with Gasteiger partial charge in [0.2, 0.25) is 5.91 Å². The van der Waals surface area contributed by atoms with E-state index in [9.17, 15) is 14.4 Å². The van der Waals surface area contributed by atoms with Crippen molar-refractivity contribution in [3.8, 4) is 0 Å².